The molecular weight excluding hydrogens is 448 g/mol. The number of nitrogens with zero attached hydrogens (tertiary/aromatic N) is 3. The largest absolute Gasteiger partial charge is 0.466 e. The van der Waals surface area contributed by atoms with Crippen LogP contribution in [0.25, 0.3) is 0 Å². The lowest BCUT2D eigenvalue weighted by molar-refractivity contribution is -0.136. The first-order valence-corrected chi connectivity index (χ1v) is 12.9. The van der Waals surface area contributed by atoms with E-state index in [0.29, 0.717) is 17.8 Å². The van der Waals surface area contributed by atoms with E-state index >= 15 is 0 Å². The van der Waals surface area contributed by atoms with Crippen molar-refractivity contribution >= 4 is 28.8 Å². The molecule has 0 aromatic heterocycles. The fourth-order valence-electron chi connectivity index (χ4n) is 4.93. The summed E-state index contributed by atoms with van der Waals surface area (Å²) in [4.78, 5) is 34.9. The lowest BCUT2D eigenvalue weighted by Gasteiger charge is -2.37. The number of ether oxygens (including phenoxy) is 1. The van der Waals surface area contributed by atoms with Crippen LogP contribution in [-0.2, 0) is 14.3 Å². The van der Waals surface area contributed by atoms with Crippen molar-refractivity contribution in [1.82, 2.24) is 15.1 Å². The number of aryl methyl sites for hydroxylation is 2. The summed E-state index contributed by atoms with van der Waals surface area (Å²) < 4.78 is 5.15. The van der Waals surface area contributed by atoms with Crippen LogP contribution in [0, 0.1) is 13.8 Å². The third kappa shape index (κ3) is 5.23. The van der Waals surface area contributed by atoms with Gasteiger partial charge < -0.3 is 19.9 Å². The molecular formula is C26H34N4O3S. The highest BCUT2D eigenvalue weighted by molar-refractivity contribution is 8.16. The molecule has 0 spiro atoms. The van der Waals surface area contributed by atoms with Crippen LogP contribution in [0.4, 0.5) is 0 Å². The molecule has 4 rings (SSSR count). The molecule has 1 unspecified atom stereocenters. The summed E-state index contributed by atoms with van der Waals surface area (Å²) in [7, 11) is 1.40. The normalized spacial score (nSPS) is 20.6. The number of piperidine rings is 1. The summed E-state index contributed by atoms with van der Waals surface area (Å²) in [6.45, 7) is 9.72. The Bertz CT molecular complexity index is 1060. The number of carbonyl (C=O) groups excluding carboxylic acids is 2. The number of nitrogens with one attached hydrogen (secondary N) is 1. The molecule has 3 aliphatic heterocycles. The molecule has 34 heavy (non-hydrogen) atoms. The third-order valence-corrected chi connectivity index (χ3v) is 7.56. The standard InChI is InChI=1S/C26H34N4O3S/c1-17-8-9-21(18(2)14-17)24-23(25(32)33-4)19(3)28-26-30(24)20(16-34-26)15-22(31)27-10-13-29-11-6-5-7-12-29/h8-9,14,16,24H,5-7,10-13,15H2,1-4H3,(H,27,31). The van der Waals surface area contributed by atoms with Gasteiger partial charge in [-0.3, -0.25) is 4.79 Å². The van der Waals surface area contributed by atoms with E-state index in [1.54, 1.807) is 0 Å². The van der Waals surface area contributed by atoms with E-state index < -0.39 is 5.97 Å². The number of carbonyl (C=O) groups is 2. The zero-order valence-corrected chi connectivity index (χ0v) is 21.3. The zero-order valence-electron chi connectivity index (χ0n) is 20.5. The van der Waals surface area contributed by atoms with Gasteiger partial charge in [-0.1, -0.05) is 41.9 Å². The van der Waals surface area contributed by atoms with Crippen LogP contribution in [0.2, 0.25) is 0 Å². The quantitative estimate of drug-likeness (QED) is 0.591. The molecule has 0 saturated carbocycles. The van der Waals surface area contributed by atoms with E-state index in [9.17, 15) is 9.59 Å². The molecule has 3 heterocycles. The number of methoxy groups -OCH3 is 1. The summed E-state index contributed by atoms with van der Waals surface area (Å²) in [5.41, 5.74) is 5.26. The maximum atomic E-state index is 12.9. The van der Waals surface area contributed by atoms with E-state index in [1.165, 1.54) is 38.1 Å². The maximum absolute atomic E-state index is 12.9. The number of allylic oxidation sites excluding steroid dienone is 1. The molecule has 1 N–H and O–H groups in total. The number of amidine groups is 1. The summed E-state index contributed by atoms with van der Waals surface area (Å²) in [6.07, 6.45) is 4.02. The third-order valence-electron chi connectivity index (χ3n) is 6.67. The Balaban J connectivity index is 1.54. The second kappa shape index (κ2) is 10.8. The minimum atomic E-state index is -0.396. The molecule has 1 aromatic rings. The lowest BCUT2D eigenvalue weighted by atomic mass is 9.90. The lowest BCUT2D eigenvalue weighted by Crippen LogP contribution is -2.40. The van der Waals surface area contributed by atoms with Gasteiger partial charge in [0.25, 0.3) is 0 Å². The van der Waals surface area contributed by atoms with Crippen molar-refractivity contribution in [3.63, 3.8) is 0 Å². The average Bonchev–Trinajstić information content (AvgIpc) is 3.20. The number of aliphatic imine (C=N–C) groups is 1. The van der Waals surface area contributed by atoms with Crippen molar-refractivity contribution in [2.75, 3.05) is 33.3 Å². The number of amides is 1. The first-order chi connectivity index (χ1) is 16.4. The molecule has 8 heteroatoms. The van der Waals surface area contributed by atoms with Gasteiger partial charge in [0.15, 0.2) is 5.17 Å². The summed E-state index contributed by atoms with van der Waals surface area (Å²) in [5.74, 6) is -0.414. The predicted molar refractivity (Wildman–Crippen MR) is 136 cm³/mol. The molecule has 0 aliphatic carbocycles. The highest BCUT2D eigenvalue weighted by Gasteiger charge is 2.41. The summed E-state index contributed by atoms with van der Waals surface area (Å²) in [6, 6.07) is 5.85. The van der Waals surface area contributed by atoms with Gasteiger partial charge in [-0.15, -0.1) is 0 Å². The van der Waals surface area contributed by atoms with Crippen molar-refractivity contribution in [1.29, 1.82) is 0 Å². The Kier molecular flexibility index (Phi) is 7.78. The second-order valence-corrected chi connectivity index (χ2v) is 10.0. The SMILES string of the molecule is COC(=O)C1=C(C)N=C2SC=C(CC(=O)NCCN3CCCCC3)N2C1c1ccc(C)cc1C. The molecule has 1 fully saturated rings. The first kappa shape index (κ1) is 24.5. The van der Waals surface area contributed by atoms with Gasteiger partial charge in [-0.25, -0.2) is 9.79 Å². The van der Waals surface area contributed by atoms with E-state index in [1.807, 2.05) is 17.2 Å². The van der Waals surface area contributed by atoms with Crippen molar-refractivity contribution < 1.29 is 14.3 Å². The Morgan fingerprint density at radius 2 is 1.94 bits per heavy atom. The molecule has 182 valence electrons. The van der Waals surface area contributed by atoms with E-state index in [0.717, 1.165) is 47.2 Å². The van der Waals surface area contributed by atoms with Crippen molar-refractivity contribution in [2.45, 2.75) is 52.5 Å². The predicted octanol–water partition coefficient (Wildman–Crippen LogP) is 4.04. The van der Waals surface area contributed by atoms with Crippen LogP contribution >= 0.6 is 11.8 Å². The molecule has 1 amide bonds. The Morgan fingerprint density at radius 3 is 2.65 bits per heavy atom. The molecule has 0 bridgehead atoms. The van der Waals surface area contributed by atoms with Crippen LogP contribution in [0.3, 0.4) is 0 Å². The minimum Gasteiger partial charge on any atom is -0.466 e. The van der Waals surface area contributed by atoms with Crippen molar-refractivity contribution in [3.05, 3.63) is 57.3 Å². The molecule has 3 aliphatic rings. The minimum absolute atomic E-state index is 0.0182. The van der Waals surface area contributed by atoms with Gasteiger partial charge in [0.1, 0.15) is 0 Å². The zero-order chi connectivity index (χ0) is 24.2. The molecule has 1 aromatic carbocycles. The average molecular weight is 483 g/mol. The van der Waals surface area contributed by atoms with Crippen LogP contribution in [0.15, 0.2) is 45.6 Å². The number of esters is 1. The van der Waals surface area contributed by atoms with E-state index in [-0.39, 0.29) is 18.4 Å². The molecule has 7 nitrogen and oxygen atoms in total. The highest BCUT2D eigenvalue weighted by atomic mass is 32.2. The summed E-state index contributed by atoms with van der Waals surface area (Å²) in [5, 5.41) is 5.84. The first-order valence-electron chi connectivity index (χ1n) is 12.0. The topological polar surface area (TPSA) is 74.2 Å². The number of fused-ring (bicyclic) bond motifs is 1. The molecule has 1 saturated heterocycles. The van der Waals surface area contributed by atoms with Crippen LogP contribution < -0.4 is 5.32 Å². The molecule has 0 radical (unpaired) electrons. The van der Waals surface area contributed by atoms with Gasteiger partial charge in [0, 0.05) is 18.8 Å². The summed E-state index contributed by atoms with van der Waals surface area (Å²) >= 11 is 1.49. The Labute approximate surface area is 206 Å². The number of rotatable bonds is 7. The van der Waals surface area contributed by atoms with Crippen molar-refractivity contribution in [3.8, 4) is 0 Å². The fourth-order valence-corrected chi connectivity index (χ4v) is 5.90. The Hall–Kier alpha value is -2.58. The van der Waals surface area contributed by atoms with Crippen LogP contribution in [0.1, 0.15) is 55.3 Å². The Morgan fingerprint density at radius 1 is 1.18 bits per heavy atom. The van der Waals surface area contributed by atoms with Gasteiger partial charge in [-0.2, -0.15) is 0 Å². The van der Waals surface area contributed by atoms with E-state index in [2.05, 4.69) is 42.3 Å². The number of likely N-dealkylation sites (tertiary alicyclic amines) is 1. The van der Waals surface area contributed by atoms with Gasteiger partial charge in [0.05, 0.1) is 30.8 Å². The smallest absolute Gasteiger partial charge is 0.338 e. The van der Waals surface area contributed by atoms with Crippen LogP contribution in [-0.4, -0.2) is 60.1 Å². The second-order valence-electron chi connectivity index (χ2n) is 9.17. The monoisotopic (exact) mass is 482 g/mol. The fraction of sp³-hybridized carbons (Fsp3) is 0.500. The van der Waals surface area contributed by atoms with Crippen molar-refractivity contribution in [2.24, 2.45) is 4.99 Å². The van der Waals surface area contributed by atoms with Gasteiger partial charge in [-0.05, 0) is 63.2 Å². The van der Waals surface area contributed by atoms with Crippen LogP contribution in [0.5, 0.6) is 0 Å². The van der Waals surface area contributed by atoms with Gasteiger partial charge in [0.2, 0.25) is 5.91 Å². The number of hydrogen-bond donors (Lipinski definition) is 1. The van der Waals surface area contributed by atoms with E-state index in [4.69, 9.17) is 9.73 Å². The maximum Gasteiger partial charge on any atom is 0.338 e. The number of benzene rings is 1. The number of hydrogen-bond acceptors (Lipinski definition) is 7. The highest BCUT2D eigenvalue weighted by Crippen LogP contribution is 2.45. The molecule has 1 atom stereocenters. The van der Waals surface area contributed by atoms with Gasteiger partial charge >= 0.3 is 5.97 Å². The number of thioether (sulfide) groups is 1.